The first-order valence-electron chi connectivity index (χ1n) is 5.09. The Bertz CT molecular complexity index is 464. The molecule has 1 unspecified atom stereocenters. The predicted molar refractivity (Wildman–Crippen MR) is 65.0 cm³/mol. The smallest absolute Gasteiger partial charge is 0.123 e. The van der Waals surface area contributed by atoms with E-state index in [2.05, 4.69) is 17.2 Å². The van der Waals surface area contributed by atoms with Gasteiger partial charge >= 0.3 is 0 Å². The van der Waals surface area contributed by atoms with Gasteiger partial charge in [0.15, 0.2) is 0 Å². The summed E-state index contributed by atoms with van der Waals surface area (Å²) in [4.78, 5) is 5.52. The van der Waals surface area contributed by atoms with E-state index in [1.807, 2.05) is 13.2 Å². The quantitative estimate of drug-likeness (QED) is 0.885. The fraction of sp³-hybridized carbons (Fsp3) is 0.250. The molecule has 2 aromatic rings. The zero-order chi connectivity index (χ0) is 11.5. The molecule has 0 spiro atoms. The van der Waals surface area contributed by atoms with Gasteiger partial charge in [0.1, 0.15) is 10.8 Å². The van der Waals surface area contributed by atoms with Crippen LogP contribution in [0.5, 0.6) is 0 Å². The van der Waals surface area contributed by atoms with Gasteiger partial charge in [-0.3, -0.25) is 0 Å². The minimum absolute atomic E-state index is 0.218. The second-order valence-corrected chi connectivity index (χ2v) is 4.65. The summed E-state index contributed by atoms with van der Waals surface area (Å²) in [6, 6.07) is 6.71. The standard InChI is InChI=1S/C12H13FN2S/c1-8(14-2)11-7-15-12(16-11)9-3-5-10(13)6-4-9/h3-8,14H,1-2H3. The number of thiazole rings is 1. The van der Waals surface area contributed by atoms with E-state index in [0.717, 1.165) is 10.6 Å². The highest BCUT2D eigenvalue weighted by Gasteiger charge is 2.09. The van der Waals surface area contributed by atoms with Gasteiger partial charge in [0.2, 0.25) is 0 Å². The van der Waals surface area contributed by atoms with Crippen LogP contribution in [0, 0.1) is 5.82 Å². The number of halogens is 1. The third-order valence-electron chi connectivity index (χ3n) is 2.47. The van der Waals surface area contributed by atoms with Crippen LogP contribution in [-0.2, 0) is 0 Å². The maximum atomic E-state index is 12.8. The molecule has 2 rings (SSSR count). The van der Waals surface area contributed by atoms with Crippen molar-refractivity contribution < 1.29 is 4.39 Å². The van der Waals surface area contributed by atoms with Crippen molar-refractivity contribution in [1.29, 1.82) is 0 Å². The van der Waals surface area contributed by atoms with Crippen LogP contribution >= 0.6 is 11.3 Å². The number of hydrogen-bond acceptors (Lipinski definition) is 3. The molecule has 0 aliphatic heterocycles. The summed E-state index contributed by atoms with van der Waals surface area (Å²) in [5, 5.41) is 4.09. The molecule has 1 aromatic heterocycles. The molecule has 0 radical (unpaired) electrons. The molecule has 4 heteroatoms. The van der Waals surface area contributed by atoms with E-state index >= 15 is 0 Å². The van der Waals surface area contributed by atoms with Crippen LogP contribution < -0.4 is 5.32 Å². The molecule has 0 saturated heterocycles. The number of rotatable bonds is 3. The van der Waals surface area contributed by atoms with Gasteiger partial charge < -0.3 is 5.32 Å². The lowest BCUT2D eigenvalue weighted by atomic mass is 10.2. The van der Waals surface area contributed by atoms with Gasteiger partial charge in [-0.15, -0.1) is 11.3 Å². The molecular formula is C12H13FN2S. The van der Waals surface area contributed by atoms with E-state index in [-0.39, 0.29) is 5.82 Å². The fourth-order valence-electron chi connectivity index (χ4n) is 1.35. The van der Waals surface area contributed by atoms with E-state index in [0.29, 0.717) is 6.04 Å². The van der Waals surface area contributed by atoms with Crippen LogP contribution in [0.15, 0.2) is 30.5 Å². The molecule has 0 aliphatic rings. The molecule has 16 heavy (non-hydrogen) atoms. The highest BCUT2D eigenvalue weighted by molar-refractivity contribution is 7.15. The van der Waals surface area contributed by atoms with Gasteiger partial charge in [-0.2, -0.15) is 0 Å². The number of benzene rings is 1. The lowest BCUT2D eigenvalue weighted by Gasteiger charge is -2.04. The van der Waals surface area contributed by atoms with Gasteiger partial charge in [-0.1, -0.05) is 0 Å². The number of aromatic nitrogens is 1. The average Bonchev–Trinajstić information content (AvgIpc) is 2.78. The van der Waals surface area contributed by atoms with Crippen LogP contribution in [-0.4, -0.2) is 12.0 Å². The van der Waals surface area contributed by atoms with E-state index < -0.39 is 0 Å². The van der Waals surface area contributed by atoms with E-state index in [1.54, 1.807) is 23.5 Å². The predicted octanol–water partition coefficient (Wildman–Crippen LogP) is 3.23. The summed E-state index contributed by atoms with van der Waals surface area (Å²) in [5.74, 6) is -0.218. The van der Waals surface area contributed by atoms with E-state index in [4.69, 9.17) is 0 Å². The topological polar surface area (TPSA) is 24.9 Å². The van der Waals surface area contributed by atoms with Crippen molar-refractivity contribution in [1.82, 2.24) is 10.3 Å². The normalized spacial score (nSPS) is 12.7. The molecule has 1 atom stereocenters. The minimum atomic E-state index is -0.218. The molecule has 1 aromatic carbocycles. The molecule has 0 amide bonds. The van der Waals surface area contributed by atoms with Crippen molar-refractivity contribution in [2.75, 3.05) is 7.05 Å². The van der Waals surface area contributed by atoms with Gasteiger partial charge in [-0.25, -0.2) is 9.37 Å². The molecule has 1 heterocycles. The maximum absolute atomic E-state index is 12.8. The van der Waals surface area contributed by atoms with Crippen molar-refractivity contribution in [2.24, 2.45) is 0 Å². The van der Waals surface area contributed by atoms with Crippen molar-refractivity contribution in [2.45, 2.75) is 13.0 Å². The Balaban J connectivity index is 2.28. The molecule has 0 fully saturated rings. The van der Waals surface area contributed by atoms with Crippen LogP contribution in [0.1, 0.15) is 17.8 Å². The van der Waals surface area contributed by atoms with Crippen LogP contribution in [0.4, 0.5) is 4.39 Å². The van der Waals surface area contributed by atoms with E-state index in [9.17, 15) is 4.39 Å². The zero-order valence-electron chi connectivity index (χ0n) is 9.20. The minimum Gasteiger partial charge on any atom is -0.312 e. The summed E-state index contributed by atoms with van der Waals surface area (Å²) >= 11 is 1.63. The summed E-state index contributed by atoms with van der Waals surface area (Å²) in [6.45, 7) is 2.09. The van der Waals surface area contributed by atoms with Gasteiger partial charge in [0.05, 0.1) is 0 Å². The molecule has 0 saturated carbocycles. The number of hydrogen-bond donors (Lipinski definition) is 1. The van der Waals surface area contributed by atoms with Gasteiger partial charge in [0.25, 0.3) is 0 Å². The first kappa shape index (κ1) is 11.2. The Morgan fingerprint density at radius 3 is 2.62 bits per heavy atom. The highest BCUT2D eigenvalue weighted by atomic mass is 32.1. The van der Waals surface area contributed by atoms with Crippen molar-refractivity contribution in [3.63, 3.8) is 0 Å². The summed E-state index contributed by atoms with van der Waals surface area (Å²) < 4.78 is 12.8. The maximum Gasteiger partial charge on any atom is 0.123 e. The monoisotopic (exact) mass is 236 g/mol. The van der Waals surface area contributed by atoms with Gasteiger partial charge in [0, 0.05) is 22.7 Å². The highest BCUT2D eigenvalue weighted by Crippen LogP contribution is 2.28. The number of nitrogens with zero attached hydrogens (tertiary/aromatic N) is 1. The van der Waals surface area contributed by atoms with Crippen molar-refractivity contribution in [3.05, 3.63) is 41.2 Å². The van der Waals surface area contributed by atoms with Crippen molar-refractivity contribution >= 4 is 11.3 Å². The van der Waals surface area contributed by atoms with Crippen molar-refractivity contribution in [3.8, 4) is 10.6 Å². The summed E-state index contributed by atoms with van der Waals surface area (Å²) in [5.41, 5.74) is 0.959. The van der Waals surface area contributed by atoms with Crippen LogP contribution in [0.2, 0.25) is 0 Å². The molecule has 1 N–H and O–H groups in total. The SMILES string of the molecule is CNC(C)c1cnc(-c2ccc(F)cc2)s1. The third-order valence-corrected chi connectivity index (χ3v) is 3.70. The molecule has 0 bridgehead atoms. The Morgan fingerprint density at radius 1 is 1.31 bits per heavy atom. The average molecular weight is 236 g/mol. The lowest BCUT2D eigenvalue weighted by Crippen LogP contribution is -2.10. The molecule has 84 valence electrons. The number of nitrogens with one attached hydrogen (secondary N) is 1. The van der Waals surface area contributed by atoms with Crippen LogP contribution in [0.3, 0.4) is 0 Å². The fourth-order valence-corrected chi connectivity index (χ4v) is 2.34. The summed E-state index contributed by atoms with van der Waals surface area (Å²) in [7, 11) is 1.92. The Labute approximate surface area is 98.2 Å². The molecule has 2 nitrogen and oxygen atoms in total. The Hall–Kier alpha value is -1.26. The Kier molecular flexibility index (Phi) is 3.31. The largest absolute Gasteiger partial charge is 0.312 e. The second kappa shape index (κ2) is 4.72. The molecule has 0 aliphatic carbocycles. The Morgan fingerprint density at radius 2 is 2.00 bits per heavy atom. The van der Waals surface area contributed by atoms with Crippen LogP contribution in [0.25, 0.3) is 10.6 Å². The lowest BCUT2D eigenvalue weighted by molar-refractivity contribution is 0.628. The zero-order valence-corrected chi connectivity index (χ0v) is 10.0. The van der Waals surface area contributed by atoms with Gasteiger partial charge in [-0.05, 0) is 38.2 Å². The third kappa shape index (κ3) is 2.28. The van der Waals surface area contributed by atoms with E-state index in [1.165, 1.54) is 17.0 Å². The first-order valence-corrected chi connectivity index (χ1v) is 5.91. The first-order chi connectivity index (χ1) is 7.70. The molecular weight excluding hydrogens is 223 g/mol. The second-order valence-electron chi connectivity index (χ2n) is 3.59. The summed E-state index contributed by atoms with van der Waals surface area (Å²) in [6.07, 6.45) is 1.87.